The van der Waals surface area contributed by atoms with Crippen LogP contribution in [-0.4, -0.2) is 25.1 Å². The van der Waals surface area contributed by atoms with Gasteiger partial charge in [-0.25, -0.2) is 0 Å². The number of amides is 1. The zero-order valence-corrected chi connectivity index (χ0v) is 9.55. The molecule has 0 atom stereocenters. The van der Waals surface area contributed by atoms with Crippen LogP contribution < -0.4 is 21.7 Å². The van der Waals surface area contributed by atoms with E-state index in [1.54, 1.807) is 6.92 Å². The standard InChI is InChI=1S/C10H19N5O/c1-2-9(16)15-10(11)13-5-3-4-8-6-12-7-14-8/h6,12,14H,2-5,7H2,1H3,(H3,11,13,15,16). The van der Waals surface area contributed by atoms with Gasteiger partial charge in [-0.1, -0.05) is 6.92 Å². The molecule has 0 unspecified atom stereocenters. The zero-order chi connectivity index (χ0) is 11.8. The summed E-state index contributed by atoms with van der Waals surface area (Å²) >= 11 is 0. The summed E-state index contributed by atoms with van der Waals surface area (Å²) in [6, 6.07) is 0. The van der Waals surface area contributed by atoms with E-state index < -0.39 is 0 Å². The third-order valence-electron chi connectivity index (χ3n) is 2.17. The molecule has 0 radical (unpaired) electrons. The van der Waals surface area contributed by atoms with Crippen LogP contribution in [0.4, 0.5) is 0 Å². The van der Waals surface area contributed by atoms with E-state index in [2.05, 4.69) is 20.9 Å². The number of aliphatic imine (C=N–C) groups is 1. The van der Waals surface area contributed by atoms with Gasteiger partial charge < -0.3 is 16.4 Å². The molecule has 0 bridgehead atoms. The van der Waals surface area contributed by atoms with Gasteiger partial charge in [-0.2, -0.15) is 0 Å². The van der Waals surface area contributed by atoms with Crippen LogP contribution in [0.5, 0.6) is 0 Å². The molecule has 6 nitrogen and oxygen atoms in total. The van der Waals surface area contributed by atoms with Crippen LogP contribution in [0.3, 0.4) is 0 Å². The molecule has 5 N–H and O–H groups in total. The minimum Gasteiger partial charge on any atom is -0.372 e. The number of guanidine groups is 1. The third kappa shape index (κ3) is 4.68. The van der Waals surface area contributed by atoms with Crippen molar-refractivity contribution in [2.24, 2.45) is 10.7 Å². The van der Waals surface area contributed by atoms with Gasteiger partial charge in [-0.05, 0) is 12.8 Å². The fourth-order valence-corrected chi connectivity index (χ4v) is 1.29. The zero-order valence-electron chi connectivity index (χ0n) is 9.55. The summed E-state index contributed by atoms with van der Waals surface area (Å²) in [4.78, 5) is 15.0. The molecule has 0 fully saturated rings. The van der Waals surface area contributed by atoms with E-state index in [0.29, 0.717) is 13.0 Å². The van der Waals surface area contributed by atoms with Crippen LogP contribution in [0, 0.1) is 0 Å². The first-order valence-electron chi connectivity index (χ1n) is 5.48. The summed E-state index contributed by atoms with van der Waals surface area (Å²) in [5, 5.41) is 8.76. The van der Waals surface area contributed by atoms with E-state index in [1.165, 1.54) is 5.70 Å². The molecule has 0 saturated carbocycles. The number of hydrogen-bond donors (Lipinski definition) is 4. The van der Waals surface area contributed by atoms with Crippen molar-refractivity contribution in [1.82, 2.24) is 16.0 Å². The molecule has 1 aliphatic heterocycles. The maximum atomic E-state index is 11.0. The number of nitrogens with one attached hydrogen (secondary N) is 3. The second-order valence-electron chi connectivity index (χ2n) is 3.50. The number of nitrogens with two attached hydrogens (primary N) is 1. The van der Waals surface area contributed by atoms with Crippen LogP contribution in [0.2, 0.25) is 0 Å². The third-order valence-corrected chi connectivity index (χ3v) is 2.17. The molecule has 1 heterocycles. The second kappa shape index (κ2) is 6.71. The lowest BCUT2D eigenvalue weighted by Crippen LogP contribution is -2.36. The van der Waals surface area contributed by atoms with Gasteiger partial charge in [0.1, 0.15) is 0 Å². The Morgan fingerprint density at radius 1 is 1.69 bits per heavy atom. The average Bonchev–Trinajstić information content (AvgIpc) is 2.77. The normalized spacial score (nSPS) is 15.1. The van der Waals surface area contributed by atoms with Crippen LogP contribution in [-0.2, 0) is 4.79 Å². The lowest BCUT2D eigenvalue weighted by atomic mass is 10.2. The highest BCUT2D eigenvalue weighted by molar-refractivity contribution is 5.95. The predicted molar refractivity (Wildman–Crippen MR) is 63.4 cm³/mol. The predicted octanol–water partition coefficient (Wildman–Crippen LogP) is -0.401. The van der Waals surface area contributed by atoms with Gasteiger partial charge in [-0.15, -0.1) is 0 Å². The van der Waals surface area contributed by atoms with Gasteiger partial charge in [-0.3, -0.25) is 15.1 Å². The van der Waals surface area contributed by atoms with Crippen LogP contribution in [0.1, 0.15) is 26.2 Å². The summed E-state index contributed by atoms with van der Waals surface area (Å²) in [6.45, 7) is 3.19. The molecule has 0 aromatic rings. The van der Waals surface area contributed by atoms with Crippen LogP contribution in [0.25, 0.3) is 0 Å². The number of hydrogen-bond acceptors (Lipinski definition) is 4. The average molecular weight is 225 g/mol. The minimum absolute atomic E-state index is 0.106. The lowest BCUT2D eigenvalue weighted by Gasteiger charge is -2.03. The van der Waals surface area contributed by atoms with Crippen molar-refractivity contribution in [1.29, 1.82) is 0 Å². The molecule has 6 heteroatoms. The number of rotatable bonds is 5. The first-order chi connectivity index (χ1) is 7.72. The lowest BCUT2D eigenvalue weighted by molar-refractivity contribution is -0.119. The van der Waals surface area contributed by atoms with Gasteiger partial charge in [0.05, 0.1) is 6.67 Å². The largest absolute Gasteiger partial charge is 0.372 e. The van der Waals surface area contributed by atoms with Crippen molar-refractivity contribution in [3.05, 3.63) is 11.9 Å². The smallest absolute Gasteiger partial charge is 0.226 e. The maximum absolute atomic E-state index is 11.0. The quantitative estimate of drug-likeness (QED) is 0.291. The SMILES string of the molecule is CCC(=O)NC(N)=NCCCC1=CNCN1. The highest BCUT2D eigenvalue weighted by Gasteiger charge is 2.01. The Bertz CT molecular complexity index is 298. The molecule has 0 aromatic heterocycles. The second-order valence-corrected chi connectivity index (χ2v) is 3.50. The Kier molecular flexibility index (Phi) is 5.18. The van der Waals surface area contributed by atoms with Gasteiger partial charge >= 0.3 is 0 Å². The highest BCUT2D eigenvalue weighted by Crippen LogP contribution is 2.02. The topological polar surface area (TPSA) is 91.5 Å². The molecule has 1 rings (SSSR count). The van der Waals surface area contributed by atoms with Crippen molar-refractivity contribution < 1.29 is 4.79 Å². The van der Waals surface area contributed by atoms with Gasteiger partial charge in [0.15, 0.2) is 5.96 Å². The number of nitrogens with zero attached hydrogens (tertiary/aromatic N) is 1. The summed E-state index contributed by atoms with van der Waals surface area (Å²) in [5.41, 5.74) is 6.71. The van der Waals surface area contributed by atoms with Gasteiger partial charge in [0, 0.05) is 24.9 Å². The summed E-state index contributed by atoms with van der Waals surface area (Å²) in [7, 11) is 0. The van der Waals surface area contributed by atoms with E-state index in [0.717, 1.165) is 19.5 Å². The van der Waals surface area contributed by atoms with Crippen molar-refractivity contribution in [2.45, 2.75) is 26.2 Å². The van der Waals surface area contributed by atoms with Crippen molar-refractivity contribution in [3.63, 3.8) is 0 Å². The number of carbonyl (C=O) groups excluding carboxylic acids is 1. The molecule has 0 aliphatic carbocycles. The minimum atomic E-state index is -0.106. The summed E-state index contributed by atoms with van der Waals surface area (Å²) in [6.07, 6.45) is 4.22. The fourth-order valence-electron chi connectivity index (χ4n) is 1.29. The molecule has 1 aliphatic rings. The Morgan fingerprint density at radius 3 is 3.12 bits per heavy atom. The molecule has 90 valence electrons. The van der Waals surface area contributed by atoms with E-state index in [-0.39, 0.29) is 11.9 Å². The van der Waals surface area contributed by atoms with E-state index in [1.807, 2.05) is 6.20 Å². The molecule has 0 saturated heterocycles. The Hall–Kier alpha value is -1.72. The Balaban J connectivity index is 2.12. The number of carbonyl (C=O) groups is 1. The van der Waals surface area contributed by atoms with Gasteiger partial charge in [0.25, 0.3) is 0 Å². The molecule has 16 heavy (non-hydrogen) atoms. The van der Waals surface area contributed by atoms with E-state index in [9.17, 15) is 4.79 Å². The molecule has 0 spiro atoms. The molecule has 0 aromatic carbocycles. The monoisotopic (exact) mass is 225 g/mol. The maximum Gasteiger partial charge on any atom is 0.226 e. The first-order valence-corrected chi connectivity index (χ1v) is 5.48. The van der Waals surface area contributed by atoms with Crippen LogP contribution >= 0.6 is 0 Å². The molecular formula is C10H19N5O. The van der Waals surface area contributed by atoms with Gasteiger partial charge in [0.2, 0.25) is 5.91 Å². The Morgan fingerprint density at radius 2 is 2.50 bits per heavy atom. The van der Waals surface area contributed by atoms with Crippen molar-refractivity contribution in [2.75, 3.05) is 13.2 Å². The van der Waals surface area contributed by atoms with Crippen molar-refractivity contribution >= 4 is 11.9 Å². The van der Waals surface area contributed by atoms with E-state index in [4.69, 9.17) is 5.73 Å². The Labute approximate surface area is 95.4 Å². The summed E-state index contributed by atoms with van der Waals surface area (Å²) < 4.78 is 0. The first kappa shape index (κ1) is 12.4. The van der Waals surface area contributed by atoms with Crippen molar-refractivity contribution in [3.8, 4) is 0 Å². The van der Waals surface area contributed by atoms with E-state index >= 15 is 0 Å². The number of allylic oxidation sites excluding steroid dienone is 1. The van der Waals surface area contributed by atoms with Crippen LogP contribution in [0.15, 0.2) is 16.9 Å². The molecular weight excluding hydrogens is 206 g/mol. The highest BCUT2D eigenvalue weighted by atomic mass is 16.1. The molecule has 1 amide bonds. The fraction of sp³-hybridized carbons (Fsp3) is 0.600. The summed E-state index contributed by atoms with van der Waals surface area (Å²) in [5.74, 6) is 0.101.